The number of aliphatic hydroxyl groups is 2. The number of esters is 1. The van der Waals surface area contributed by atoms with Crippen molar-refractivity contribution in [2.24, 2.45) is 0 Å². The Morgan fingerprint density at radius 2 is 1.90 bits per heavy atom. The summed E-state index contributed by atoms with van der Waals surface area (Å²) in [4.78, 5) is 24.1. The summed E-state index contributed by atoms with van der Waals surface area (Å²) in [5.41, 5.74) is -3.23. The van der Waals surface area contributed by atoms with Crippen LogP contribution in [0.2, 0.25) is 0 Å². The highest BCUT2D eigenvalue weighted by molar-refractivity contribution is 5.84. The van der Waals surface area contributed by atoms with E-state index in [1.54, 1.807) is 26.7 Å². The maximum Gasteiger partial charge on any atom is 0.410 e. The zero-order chi connectivity index (χ0) is 16.1. The Hall–Kier alpha value is -1.78. The number of ether oxygens (including phenoxy) is 2. The molecule has 0 aliphatic heterocycles. The number of nitrogens with zero attached hydrogens (tertiary/aromatic N) is 1. The maximum absolute atomic E-state index is 11.7. The van der Waals surface area contributed by atoms with Gasteiger partial charge in [0.1, 0.15) is 11.7 Å². The molecule has 114 valence electrons. The molecule has 0 radical (unpaired) electrons. The monoisotopic (exact) mass is 287 g/mol. The zero-order valence-corrected chi connectivity index (χ0v) is 12.3. The molecule has 0 aliphatic rings. The largest absolute Gasteiger partial charge is 0.466 e. The van der Waals surface area contributed by atoms with Crippen LogP contribution in [0.5, 0.6) is 0 Å². The summed E-state index contributed by atoms with van der Waals surface area (Å²) < 4.78 is 9.38. The van der Waals surface area contributed by atoms with Crippen LogP contribution in [-0.4, -0.2) is 65.2 Å². The van der Waals surface area contributed by atoms with Gasteiger partial charge < -0.3 is 24.6 Å². The van der Waals surface area contributed by atoms with Crippen LogP contribution in [0.4, 0.5) is 4.79 Å². The smallest absolute Gasteiger partial charge is 0.410 e. The Balaban J connectivity index is 4.83. The highest BCUT2D eigenvalue weighted by Gasteiger charge is 2.44. The predicted molar refractivity (Wildman–Crippen MR) is 70.7 cm³/mol. The van der Waals surface area contributed by atoms with Gasteiger partial charge in [-0.2, -0.15) is 0 Å². The van der Waals surface area contributed by atoms with Crippen molar-refractivity contribution >= 4 is 12.1 Å². The molecule has 0 aliphatic carbocycles. The molecule has 2 atom stereocenters. The van der Waals surface area contributed by atoms with Crippen LogP contribution >= 0.6 is 0 Å². The first-order valence-corrected chi connectivity index (χ1v) is 5.88. The van der Waals surface area contributed by atoms with Gasteiger partial charge in [0, 0.05) is 7.05 Å². The zero-order valence-electron chi connectivity index (χ0n) is 12.3. The van der Waals surface area contributed by atoms with Crippen molar-refractivity contribution in [3.05, 3.63) is 0 Å². The number of hydrogen-bond acceptors (Lipinski definition) is 6. The van der Waals surface area contributed by atoms with E-state index < -0.39 is 35.9 Å². The Morgan fingerprint density at radius 3 is 2.25 bits per heavy atom. The quantitative estimate of drug-likeness (QED) is 0.547. The summed E-state index contributed by atoms with van der Waals surface area (Å²) >= 11 is 0. The third-order valence-corrected chi connectivity index (χ3v) is 2.35. The van der Waals surface area contributed by atoms with Gasteiger partial charge in [0.2, 0.25) is 0 Å². The molecule has 0 aromatic rings. The molecule has 0 rings (SSSR count). The van der Waals surface area contributed by atoms with Crippen molar-refractivity contribution in [3.8, 4) is 12.3 Å². The molecule has 1 amide bonds. The second-order valence-corrected chi connectivity index (χ2v) is 5.28. The van der Waals surface area contributed by atoms with Gasteiger partial charge in [-0.3, -0.25) is 0 Å². The van der Waals surface area contributed by atoms with E-state index in [1.807, 2.05) is 0 Å². The van der Waals surface area contributed by atoms with Gasteiger partial charge in [-0.15, -0.1) is 6.42 Å². The van der Waals surface area contributed by atoms with E-state index in [4.69, 9.17) is 11.2 Å². The van der Waals surface area contributed by atoms with Crippen LogP contribution in [0.15, 0.2) is 0 Å². The number of carbonyl (C=O) groups is 2. The van der Waals surface area contributed by atoms with E-state index in [-0.39, 0.29) is 0 Å². The van der Waals surface area contributed by atoms with Crippen LogP contribution in [0, 0.1) is 12.3 Å². The lowest BCUT2D eigenvalue weighted by Crippen LogP contribution is -2.54. The fourth-order valence-electron chi connectivity index (χ4n) is 1.25. The van der Waals surface area contributed by atoms with Crippen molar-refractivity contribution < 1.29 is 29.3 Å². The van der Waals surface area contributed by atoms with Crippen LogP contribution in [0.3, 0.4) is 0 Å². The molecule has 0 aromatic carbocycles. The number of aliphatic hydroxyl groups excluding tert-OH is 1. The van der Waals surface area contributed by atoms with Crippen molar-refractivity contribution in [3.63, 3.8) is 0 Å². The summed E-state index contributed by atoms with van der Waals surface area (Å²) in [7, 11) is 2.36. The van der Waals surface area contributed by atoms with Crippen molar-refractivity contribution in [1.82, 2.24) is 4.90 Å². The highest BCUT2D eigenvalue weighted by atomic mass is 16.6. The summed E-state index contributed by atoms with van der Waals surface area (Å²) in [6.07, 6.45) is 2.61. The van der Waals surface area contributed by atoms with E-state index in [1.165, 1.54) is 7.05 Å². The topological polar surface area (TPSA) is 96.3 Å². The predicted octanol–water partition coefficient (Wildman–Crippen LogP) is -0.248. The average Bonchev–Trinajstić information content (AvgIpc) is 2.34. The molecular weight excluding hydrogens is 266 g/mol. The molecule has 20 heavy (non-hydrogen) atoms. The van der Waals surface area contributed by atoms with Gasteiger partial charge in [0.15, 0.2) is 0 Å². The summed E-state index contributed by atoms with van der Waals surface area (Å²) in [5, 5.41) is 19.7. The SMILES string of the molecule is C#CC(O)(C(=O)OC)C(O)CN(C)C(=O)OC(C)(C)C. The molecular formula is C13H21NO6. The summed E-state index contributed by atoms with van der Waals surface area (Å²) in [5.74, 6) is 0.598. The van der Waals surface area contributed by atoms with E-state index in [0.717, 1.165) is 12.0 Å². The van der Waals surface area contributed by atoms with Gasteiger partial charge in [0.05, 0.1) is 13.7 Å². The molecule has 0 aromatic heterocycles. The average molecular weight is 287 g/mol. The second-order valence-electron chi connectivity index (χ2n) is 5.28. The number of rotatable bonds is 4. The molecule has 0 saturated heterocycles. The normalized spacial score (nSPS) is 15.5. The van der Waals surface area contributed by atoms with E-state index in [2.05, 4.69) is 4.74 Å². The molecule has 2 N–H and O–H groups in total. The van der Waals surface area contributed by atoms with Crippen molar-refractivity contribution in [1.29, 1.82) is 0 Å². The maximum atomic E-state index is 11.7. The Labute approximate surface area is 118 Å². The standard InChI is InChI=1S/C13H21NO6/c1-7-13(18,10(16)19-6)9(15)8-14(5)11(17)20-12(2,3)4/h1,9,15,18H,8H2,2-6H3. The Morgan fingerprint density at radius 1 is 1.40 bits per heavy atom. The first-order valence-electron chi connectivity index (χ1n) is 5.88. The van der Waals surface area contributed by atoms with Crippen LogP contribution in [0.25, 0.3) is 0 Å². The van der Waals surface area contributed by atoms with Crippen LogP contribution in [0.1, 0.15) is 20.8 Å². The fourth-order valence-corrected chi connectivity index (χ4v) is 1.25. The van der Waals surface area contributed by atoms with Gasteiger partial charge in [-0.25, -0.2) is 9.59 Å². The molecule has 0 saturated carbocycles. The minimum Gasteiger partial charge on any atom is -0.466 e. The summed E-state index contributed by atoms with van der Waals surface area (Å²) in [6, 6.07) is 0. The molecule has 0 bridgehead atoms. The van der Waals surface area contributed by atoms with Gasteiger partial charge in [-0.1, -0.05) is 5.92 Å². The lowest BCUT2D eigenvalue weighted by atomic mass is 9.97. The number of amides is 1. The lowest BCUT2D eigenvalue weighted by Gasteiger charge is -2.30. The van der Waals surface area contributed by atoms with Gasteiger partial charge in [0.25, 0.3) is 5.60 Å². The van der Waals surface area contributed by atoms with Crippen molar-refractivity contribution in [2.45, 2.75) is 38.1 Å². The number of terminal acetylenes is 1. The lowest BCUT2D eigenvalue weighted by molar-refractivity contribution is -0.166. The number of methoxy groups -OCH3 is 1. The molecule has 2 unspecified atom stereocenters. The minimum atomic E-state index is -2.52. The summed E-state index contributed by atoms with van der Waals surface area (Å²) in [6.45, 7) is 4.65. The Bertz CT molecular complexity index is 408. The molecule has 7 nitrogen and oxygen atoms in total. The second kappa shape index (κ2) is 6.59. The number of carbonyl (C=O) groups excluding carboxylic acids is 2. The number of hydrogen-bond donors (Lipinski definition) is 2. The van der Waals surface area contributed by atoms with Crippen LogP contribution in [-0.2, 0) is 14.3 Å². The first kappa shape index (κ1) is 18.2. The number of likely N-dealkylation sites (N-methyl/N-ethyl adjacent to an activating group) is 1. The molecule has 7 heteroatoms. The van der Waals surface area contributed by atoms with Crippen LogP contribution < -0.4 is 0 Å². The highest BCUT2D eigenvalue weighted by Crippen LogP contribution is 2.15. The molecule has 0 spiro atoms. The van der Waals surface area contributed by atoms with E-state index in [0.29, 0.717) is 0 Å². The third-order valence-electron chi connectivity index (χ3n) is 2.35. The molecule has 0 heterocycles. The van der Waals surface area contributed by atoms with E-state index in [9.17, 15) is 19.8 Å². The Kier molecular flexibility index (Phi) is 6.00. The minimum absolute atomic E-state index is 0.398. The third kappa shape index (κ3) is 4.72. The molecule has 0 fully saturated rings. The van der Waals surface area contributed by atoms with Gasteiger partial charge >= 0.3 is 12.1 Å². The first-order chi connectivity index (χ1) is 8.97. The fraction of sp³-hybridized carbons (Fsp3) is 0.692. The van der Waals surface area contributed by atoms with E-state index >= 15 is 0 Å². The van der Waals surface area contributed by atoms with Crippen molar-refractivity contribution in [2.75, 3.05) is 20.7 Å². The van der Waals surface area contributed by atoms with Gasteiger partial charge in [-0.05, 0) is 20.8 Å².